The molecule has 136 valence electrons. The lowest BCUT2D eigenvalue weighted by molar-refractivity contribution is 0.317. The number of aliphatic imine (C=N–C) groups is 1. The highest BCUT2D eigenvalue weighted by Crippen LogP contribution is 2.43. The number of rotatable bonds is 4. The summed E-state index contributed by atoms with van der Waals surface area (Å²) in [5, 5.41) is 2.10. The van der Waals surface area contributed by atoms with E-state index in [0.29, 0.717) is 5.92 Å². The molecule has 5 rings (SSSR count). The van der Waals surface area contributed by atoms with Crippen LogP contribution in [0.15, 0.2) is 59.5 Å². The molecular weight excluding hydrogens is 336 g/mol. The molecule has 0 saturated heterocycles. The van der Waals surface area contributed by atoms with Crippen molar-refractivity contribution in [3.05, 3.63) is 76.9 Å². The number of nitrogens with one attached hydrogen (secondary N) is 2. The number of fused-ring (bicyclic) bond motifs is 2. The Bertz CT molecular complexity index is 978. The normalized spacial score (nSPS) is 19.4. The van der Waals surface area contributed by atoms with Gasteiger partial charge in [-0.25, -0.2) is 4.99 Å². The van der Waals surface area contributed by atoms with E-state index in [9.17, 15) is 0 Å². The van der Waals surface area contributed by atoms with Gasteiger partial charge in [0.25, 0.3) is 0 Å². The molecule has 2 aromatic rings. The van der Waals surface area contributed by atoms with Crippen molar-refractivity contribution < 1.29 is 4.74 Å². The number of benzene rings is 1. The molecule has 2 N–H and O–H groups in total. The third-order valence-electron chi connectivity index (χ3n) is 5.25. The van der Waals surface area contributed by atoms with Gasteiger partial charge in [-0.3, -0.25) is 10.4 Å². The van der Waals surface area contributed by atoms with Crippen molar-refractivity contribution in [2.75, 3.05) is 6.61 Å². The monoisotopic (exact) mass is 358 g/mol. The second kappa shape index (κ2) is 6.50. The van der Waals surface area contributed by atoms with E-state index in [0.717, 1.165) is 30.9 Å². The molecule has 1 aliphatic carbocycles. The molecule has 0 amide bonds. The molecule has 1 aromatic heterocycles. The van der Waals surface area contributed by atoms with Crippen molar-refractivity contribution in [1.29, 1.82) is 0 Å². The predicted molar refractivity (Wildman–Crippen MR) is 108 cm³/mol. The maximum Gasteiger partial charge on any atom is 0.119 e. The van der Waals surface area contributed by atoms with Gasteiger partial charge in [0, 0.05) is 28.9 Å². The van der Waals surface area contributed by atoms with Crippen molar-refractivity contribution in [2.24, 2.45) is 4.99 Å². The maximum absolute atomic E-state index is 5.73. The van der Waals surface area contributed by atoms with Gasteiger partial charge in [0.2, 0.25) is 0 Å². The van der Waals surface area contributed by atoms with Crippen LogP contribution in [0.1, 0.15) is 48.1 Å². The van der Waals surface area contributed by atoms with Crippen LogP contribution in [0, 0.1) is 0 Å². The first-order valence-corrected chi connectivity index (χ1v) is 9.46. The maximum atomic E-state index is 5.73. The van der Waals surface area contributed by atoms with Gasteiger partial charge in [0.15, 0.2) is 0 Å². The SMILES string of the molecule is CCCOc1ccc(C2CC=C3c4c(c[nH]c42)C=CC2=CN=CNN23)cc1. The molecule has 1 unspecified atom stereocenters. The molecule has 1 aromatic carbocycles. The first-order valence-electron chi connectivity index (χ1n) is 9.46. The minimum Gasteiger partial charge on any atom is -0.494 e. The summed E-state index contributed by atoms with van der Waals surface area (Å²) in [6, 6.07) is 8.53. The van der Waals surface area contributed by atoms with E-state index in [4.69, 9.17) is 4.74 Å². The van der Waals surface area contributed by atoms with Gasteiger partial charge >= 0.3 is 0 Å². The average Bonchev–Trinajstić information content (AvgIpc) is 3.07. The van der Waals surface area contributed by atoms with Crippen molar-refractivity contribution in [3.8, 4) is 5.75 Å². The van der Waals surface area contributed by atoms with Gasteiger partial charge in [-0.15, -0.1) is 0 Å². The van der Waals surface area contributed by atoms with Crippen LogP contribution in [-0.4, -0.2) is 22.9 Å². The van der Waals surface area contributed by atoms with E-state index >= 15 is 0 Å². The van der Waals surface area contributed by atoms with Gasteiger partial charge in [-0.05, 0) is 36.6 Å². The summed E-state index contributed by atoms with van der Waals surface area (Å²) in [6.45, 7) is 2.88. The molecule has 3 aliphatic rings. The van der Waals surface area contributed by atoms with Gasteiger partial charge in [-0.2, -0.15) is 0 Å². The van der Waals surface area contributed by atoms with Crippen LogP contribution in [0.3, 0.4) is 0 Å². The Kier molecular flexibility index (Phi) is 3.85. The van der Waals surface area contributed by atoms with E-state index in [1.807, 2.05) is 6.20 Å². The lowest BCUT2D eigenvalue weighted by Crippen LogP contribution is -2.36. The summed E-state index contributed by atoms with van der Waals surface area (Å²) in [5.74, 6) is 1.25. The Morgan fingerprint density at radius 2 is 2.11 bits per heavy atom. The van der Waals surface area contributed by atoms with Crippen molar-refractivity contribution in [3.63, 3.8) is 0 Å². The molecule has 0 bridgehead atoms. The van der Waals surface area contributed by atoms with E-state index in [-0.39, 0.29) is 0 Å². The number of hydrazine groups is 1. The number of allylic oxidation sites excluding steroid dienone is 2. The Labute approximate surface area is 158 Å². The van der Waals surface area contributed by atoms with Crippen LogP contribution in [0.2, 0.25) is 0 Å². The number of nitrogens with zero attached hydrogens (tertiary/aromatic N) is 2. The molecular formula is C22H22N4O. The van der Waals surface area contributed by atoms with E-state index < -0.39 is 0 Å². The Hall–Kier alpha value is -3.21. The smallest absolute Gasteiger partial charge is 0.119 e. The number of hydrogen-bond donors (Lipinski definition) is 2. The standard InChI is InChI=1S/C22H22N4O/c1-2-11-27-18-7-4-15(5-8-18)19-9-10-20-21-16(12-24-22(19)21)3-6-17-13-23-14-25-26(17)20/h3-8,10,12-14,19,24H,2,9,11H2,1H3,(H,23,25). The average molecular weight is 358 g/mol. The summed E-state index contributed by atoms with van der Waals surface area (Å²) >= 11 is 0. The highest BCUT2D eigenvalue weighted by Gasteiger charge is 2.31. The van der Waals surface area contributed by atoms with Crippen LogP contribution in [0.25, 0.3) is 11.8 Å². The second-order valence-corrected chi connectivity index (χ2v) is 6.96. The quantitative estimate of drug-likeness (QED) is 0.852. The number of ether oxygens (including phenoxy) is 1. The summed E-state index contributed by atoms with van der Waals surface area (Å²) in [7, 11) is 0. The minimum atomic E-state index is 0.315. The third-order valence-corrected chi connectivity index (χ3v) is 5.25. The summed E-state index contributed by atoms with van der Waals surface area (Å²) in [5.41, 5.74) is 10.5. The van der Waals surface area contributed by atoms with Crippen LogP contribution >= 0.6 is 0 Å². The highest BCUT2D eigenvalue weighted by molar-refractivity contribution is 5.82. The van der Waals surface area contributed by atoms with Gasteiger partial charge in [0.1, 0.15) is 12.1 Å². The molecule has 1 atom stereocenters. The second-order valence-electron chi connectivity index (χ2n) is 6.96. The molecule has 27 heavy (non-hydrogen) atoms. The topological polar surface area (TPSA) is 52.6 Å². The molecule has 0 saturated carbocycles. The molecule has 3 heterocycles. The third kappa shape index (κ3) is 2.67. The fourth-order valence-corrected chi connectivity index (χ4v) is 3.96. The molecule has 0 radical (unpaired) electrons. The summed E-state index contributed by atoms with van der Waals surface area (Å²) in [4.78, 5) is 7.75. The van der Waals surface area contributed by atoms with Crippen molar-refractivity contribution in [2.45, 2.75) is 25.7 Å². The summed E-state index contributed by atoms with van der Waals surface area (Å²) < 4.78 is 5.73. The number of aromatic amines is 1. The zero-order valence-corrected chi connectivity index (χ0v) is 15.3. The number of H-pyrrole nitrogens is 1. The largest absolute Gasteiger partial charge is 0.494 e. The van der Waals surface area contributed by atoms with Crippen LogP contribution in [0.5, 0.6) is 5.75 Å². The number of aromatic nitrogens is 1. The first-order chi connectivity index (χ1) is 13.3. The number of hydrogen-bond acceptors (Lipinski definition) is 4. The minimum absolute atomic E-state index is 0.315. The van der Waals surface area contributed by atoms with Crippen molar-refractivity contribution in [1.82, 2.24) is 15.4 Å². The van der Waals surface area contributed by atoms with Gasteiger partial charge in [0.05, 0.1) is 24.2 Å². The molecule has 2 aliphatic heterocycles. The zero-order valence-electron chi connectivity index (χ0n) is 15.3. The van der Waals surface area contributed by atoms with Gasteiger partial charge < -0.3 is 9.72 Å². The fraction of sp³-hybridized carbons (Fsp3) is 0.227. The molecule has 0 fully saturated rings. The van der Waals surface area contributed by atoms with E-state index in [2.05, 4.69) is 76.0 Å². The first kappa shape index (κ1) is 16.0. The Balaban J connectivity index is 1.50. The van der Waals surface area contributed by atoms with Crippen LogP contribution in [0.4, 0.5) is 0 Å². The van der Waals surface area contributed by atoms with E-state index in [1.165, 1.54) is 28.1 Å². The van der Waals surface area contributed by atoms with Crippen LogP contribution in [-0.2, 0) is 0 Å². The molecule has 0 spiro atoms. The molecule has 5 nitrogen and oxygen atoms in total. The van der Waals surface area contributed by atoms with E-state index in [1.54, 1.807) is 6.34 Å². The fourth-order valence-electron chi connectivity index (χ4n) is 3.96. The summed E-state index contributed by atoms with van der Waals surface area (Å²) in [6.07, 6.45) is 14.2. The molecule has 5 heteroatoms. The highest BCUT2D eigenvalue weighted by atomic mass is 16.5. The predicted octanol–water partition coefficient (Wildman–Crippen LogP) is 4.40. The van der Waals surface area contributed by atoms with Crippen LogP contribution < -0.4 is 10.2 Å². The van der Waals surface area contributed by atoms with Gasteiger partial charge in [-0.1, -0.05) is 31.2 Å². The Morgan fingerprint density at radius 1 is 1.22 bits per heavy atom. The lowest BCUT2D eigenvalue weighted by Gasteiger charge is -2.32. The zero-order chi connectivity index (χ0) is 18.2. The lowest BCUT2D eigenvalue weighted by atomic mass is 9.84. The van der Waals surface area contributed by atoms with Crippen molar-refractivity contribution >= 4 is 18.1 Å². The Morgan fingerprint density at radius 3 is 2.96 bits per heavy atom.